The van der Waals surface area contributed by atoms with E-state index in [2.05, 4.69) is 12.2 Å². The lowest BCUT2D eigenvalue weighted by Gasteiger charge is -2.02. The number of rotatable bonds is 8. The average molecular weight is 207 g/mol. The number of hydrogen-bond acceptors (Lipinski definition) is 3. The van der Waals surface area contributed by atoms with Gasteiger partial charge in [-0.1, -0.05) is 13.8 Å². The molecule has 0 fully saturated rings. The molecule has 0 bridgehead atoms. The molecular weight excluding hydrogens is 186 g/mol. The summed E-state index contributed by atoms with van der Waals surface area (Å²) in [5, 5.41) is 3.24. The molecule has 0 aliphatic heterocycles. The Morgan fingerprint density at radius 2 is 1.77 bits per heavy atom. The van der Waals surface area contributed by atoms with Gasteiger partial charge < -0.3 is 5.32 Å². The average Bonchev–Trinajstić information content (AvgIpc) is 2.11. The molecule has 0 heterocycles. The summed E-state index contributed by atoms with van der Waals surface area (Å²) >= 11 is 0. The van der Waals surface area contributed by atoms with E-state index in [1.807, 2.05) is 0 Å². The third kappa shape index (κ3) is 8.25. The Bertz CT molecular complexity index is 200. The first-order valence-corrected chi connectivity index (χ1v) is 6.85. The maximum atomic E-state index is 11.1. The zero-order valence-electron chi connectivity index (χ0n) is 8.67. The molecule has 0 radical (unpaired) electrons. The van der Waals surface area contributed by atoms with Crippen LogP contribution in [0, 0.1) is 0 Å². The van der Waals surface area contributed by atoms with Crippen LogP contribution in [0.5, 0.6) is 0 Å². The lowest BCUT2D eigenvalue weighted by atomic mass is 10.3. The van der Waals surface area contributed by atoms with Crippen LogP contribution in [0.25, 0.3) is 0 Å². The summed E-state index contributed by atoms with van der Waals surface area (Å²) in [7, 11) is -2.74. The standard InChI is InChI=1S/C9H21NO2S/c1-3-7-10-8-5-6-9-13(11,12)4-2/h10H,3-9H2,1-2H3. The fourth-order valence-electron chi connectivity index (χ4n) is 1.02. The summed E-state index contributed by atoms with van der Waals surface area (Å²) in [6.07, 6.45) is 2.87. The minimum atomic E-state index is -2.74. The van der Waals surface area contributed by atoms with Gasteiger partial charge in [0.2, 0.25) is 0 Å². The summed E-state index contributed by atoms with van der Waals surface area (Å²) < 4.78 is 22.1. The van der Waals surface area contributed by atoms with Gasteiger partial charge in [-0.05, 0) is 32.4 Å². The molecule has 0 amide bonds. The predicted octanol–water partition coefficient (Wildman–Crippen LogP) is 1.20. The van der Waals surface area contributed by atoms with E-state index in [9.17, 15) is 8.42 Å². The van der Waals surface area contributed by atoms with Crippen molar-refractivity contribution in [3.8, 4) is 0 Å². The highest BCUT2D eigenvalue weighted by Crippen LogP contribution is 1.96. The van der Waals surface area contributed by atoms with Crippen LogP contribution in [0.2, 0.25) is 0 Å². The maximum Gasteiger partial charge on any atom is 0.150 e. The first-order valence-electron chi connectivity index (χ1n) is 5.03. The fourth-order valence-corrected chi connectivity index (χ4v) is 1.95. The minimum Gasteiger partial charge on any atom is -0.317 e. The summed E-state index contributed by atoms with van der Waals surface area (Å²) in [6.45, 7) is 5.78. The van der Waals surface area contributed by atoms with E-state index in [4.69, 9.17) is 0 Å². The summed E-state index contributed by atoms with van der Waals surface area (Å²) in [5.74, 6) is 0.618. The van der Waals surface area contributed by atoms with Gasteiger partial charge in [0.15, 0.2) is 0 Å². The molecule has 0 rings (SSSR count). The Labute approximate surface area is 81.8 Å². The third-order valence-electron chi connectivity index (χ3n) is 1.93. The molecule has 1 N–H and O–H groups in total. The van der Waals surface area contributed by atoms with Gasteiger partial charge >= 0.3 is 0 Å². The summed E-state index contributed by atoms with van der Waals surface area (Å²) in [4.78, 5) is 0. The number of unbranched alkanes of at least 4 members (excludes halogenated alkanes) is 1. The Morgan fingerprint density at radius 3 is 2.31 bits per heavy atom. The topological polar surface area (TPSA) is 46.2 Å². The molecule has 0 aromatic rings. The highest BCUT2D eigenvalue weighted by Gasteiger charge is 2.05. The van der Waals surface area contributed by atoms with Crippen molar-refractivity contribution in [3.05, 3.63) is 0 Å². The van der Waals surface area contributed by atoms with Gasteiger partial charge in [-0.25, -0.2) is 8.42 Å². The second-order valence-electron chi connectivity index (χ2n) is 3.19. The Morgan fingerprint density at radius 1 is 1.08 bits per heavy atom. The van der Waals surface area contributed by atoms with Crippen molar-refractivity contribution in [2.45, 2.75) is 33.1 Å². The number of nitrogens with one attached hydrogen (secondary N) is 1. The van der Waals surface area contributed by atoms with Gasteiger partial charge in [0.1, 0.15) is 9.84 Å². The van der Waals surface area contributed by atoms with Gasteiger partial charge in [0.25, 0.3) is 0 Å². The fraction of sp³-hybridized carbons (Fsp3) is 1.00. The maximum absolute atomic E-state index is 11.1. The molecule has 3 nitrogen and oxygen atoms in total. The number of sulfone groups is 1. The smallest absolute Gasteiger partial charge is 0.150 e. The van der Waals surface area contributed by atoms with Crippen LogP contribution in [-0.2, 0) is 9.84 Å². The van der Waals surface area contributed by atoms with Crippen molar-refractivity contribution in [1.82, 2.24) is 5.32 Å². The van der Waals surface area contributed by atoms with Crippen LogP contribution in [0.1, 0.15) is 33.1 Å². The zero-order valence-corrected chi connectivity index (χ0v) is 9.49. The van der Waals surface area contributed by atoms with Crippen LogP contribution in [0.3, 0.4) is 0 Å². The minimum absolute atomic E-state index is 0.273. The molecule has 0 saturated carbocycles. The van der Waals surface area contributed by atoms with Gasteiger partial charge in [0.05, 0.1) is 5.75 Å². The predicted molar refractivity (Wildman–Crippen MR) is 56.7 cm³/mol. The van der Waals surface area contributed by atoms with E-state index in [0.717, 1.165) is 32.4 Å². The lowest BCUT2D eigenvalue weighted by molar-refractivity contribution is 0.587. The first-order chi connectivity index (χ1) is 6.12. The zero-order chi connectivity index (χ0) is 10.2. The molecule has 0 spiro atoms. The molecule has 0 saturated heterocycles. The molecule has 0 aliphatic carbocycles. The quantitative estimate of drug-likeness (QED) is 0.608. The molecule has 0 aromatic heterocycles. The van der Waals surface area contributed by atoms with E-state index in [0.29, 0.717) is 5.75 Å². The molecule has 0 atom stereocenters. The Balaban J connectivity index is 3.26. The third-order valence-corrected chi connectivity index (χ3v) is 3.72. The van der Waals surface area contributed by atoms with Crippen LogP contribution in [0.4, 0.5) is 0 Å². The monoisotopic (exact) mass is 207 g/mol. The molecule has 0 aliphatic rings. The van der Waals surface area contributed by atoms with Crippen molar-refractivity contribution >= 4 is 9.84 Å². The van der Waals surface area contributed by atoms with Gasteiger partial charge in [-0.2, -0.15) is 0 Å². The molecule has 0 aromatic carbocycles. The lowest BCUT2D eigenvalue weighted by Crippen LogP contribution is -2.17. The van der Waals surface area contributed by atoms with E-state index in [-0.39, 0.29) is 5.75 Å². The second-order valence-corrected chi connectivity index (χ2v) is 5.67. The van der Waals surface area contributed by atoms with Gasteiger partial charge in [-0.15, -0.1) is 0 Å². The summed E-state index contributed by atoms with van der Waals surface area (Å²) in [6, 6.07) is 0. The van der Waals surface area contributed by atoms with E-state index >= 15 is 0 Å². The van der Waals surface area contributed by atoms with Crippen molar-refractivity contribution in [1.29, 1.82) is 0 Å². The normalized spacial score (nSPS) is 11.8. The van der Waals surface area contributed by atoms with Crippen molar-refractivity contribution in [2.75, 3.05) is 24.6 Å². The molecule has 4 heteroatoms. The Hall–Kier alpha value is -0.0900. The van der Waals surface area contributed by atoms with E-state index in [1.165, 1.54) is 0 Å². The summed E-state index contributed by atoms with van der Waals surface area (Å²) in [5.41, 5.74) is 0. The molecule has 13 heavy (non-hydrogen) atoms. The molecule has 80 valence electrons. The second kappa shape index (κ2) is 7.33. The van der Waals surface area contributed by atoms with E-state index < -0.39 is 9.84 Å². The van der Waals surface area contributed by atoms with Crippen molar-refractivity contribution in [2.24, 2.45) is 0 Å². The van der Waals surface area contributed by atoms with Crippen LogP contribution >= 0.6 is 0 Å². The van der Waals surface area contributed by atoms with Crippen LogP contribution in [0.15, 0.2) is 0 Å². The Kier molecular flexibility index (Phi) is 7.28. The number of hydrogen-bond donors (Lipinski definition) is 1. The SMILES string of the molecule is CCCNCCCCS(=O)(=O)CC. The highest BCUT2D eigenvalue weighted by molar-refractivity contribution is 7.91. The first kappa shape index (κ1) is 12.9. The van der Waals surface area contributed by atoms with Crippen LogP contribution < -0.4 is 5.32 Å². The molecule has 0 unspecified atom stereocenters. The van der Waals surface area contributed by atoms with Crippen molar-refractivity contribution < 1.29 is 8.42 Å². The largest absolute Gasteiger partial charge is 0.317 e. The molecular formula is C9H21NO2S. The van der Waals surface area contributed by atoms with Gasteiger partial charge in [0, 0.05) is 5.75 Å². The van der Waals surface area contributed by atoms with Crippen molar-refractivity contribution in [3.63, 3.8) is 0 Å². The highest BCUT2D eigenvalue weighted by atomic mass is 32.2. The van der Waals surface area contributed by atoms with Gasteiger partial charge in [-0.3, -0.25) is 0 Å². The van der Waals surface area contributed by atoms with Crippen LogP contribution in [-0.4, -0.2) is 33.0 Å². The van der Waals surface area contributed by atoms with E-state index in [1.54, 1.807) is 6.92 Å².